The van der Waals surface area contributed by atoms with Crippen LogP contribution in [0.4, 0.5) is 10.5 Å². The lowest BCUT2D eigenvalue weighted by atomic mass is 10.2. The molecule has 0 saturated carbocycles. The molecule has 2 amide bonds. The van der Waals surface area contributed by atoms with Gasteiger partial charge in [0, 0.05) is 28.6 Å². The number of nitrogens with zero attached hydrogens (tertiary/aromatic N) is 1. The summed E-state index contributed by atoms with van der Waals surface area (Å²) in [7, 11) is 0. The number of rotatable bonds is 5. The van der Waals surface area contributed by atoms with Crippen molar-refractivity contribution in [2.24, 2.45) is 0 Å². The molecule has 2 N–H and O–H groups in total. The van der Waals surface area contributed by atoms with E-state index in [4.69, 9.17) is 0 Å². The number of carbonyl (C=O) groups is 1. The fourth-order valence-electron chi connectivity index (χ4n) is 2.46. The van der Waals surface area contributed by atoms with Gasteiger partial charge in [0.05, 0.1) is 6.54 Å². The van der Waals surface area contributed by atoms with Crippen LogP contribution in [-0.4, -0.2) is 10.6 Å². The summed E-state index contributed by atoms with van der Waals surface area (Å²) < 4.78 is 3.06. The Kier molecular flexibility index (Phi) is 5.33. The van der Waals surface area contributed by atoms with Crippen LogP contribution in [0.2, 0.25) is 0 Å². The number of urea groups is 1. The average Bonchev–Trinajstić information content (AvgIpc) is 3.01. The third-order valence-electron chi connectivity index (χ3n) is 3.63. The van der Waals surface area contributed by atoms with Gasteiger partial charge in [-0.2, -0.15) is 0 Å². The molecule has 24 heavy (non-hydrogen) atoms. The maximum absolute atomic E-state index is 12.0. The SMILES string of the molecule is O=C(NCc1cccn1Cc1ccccc1)Nc1cccc(Br)c1. The molecule has 3 rings (SSSR count). The van der Waals surface area contributed by atoms with Crippen molar-refractivity contribution in [3.63, 3.8) is 0 Å². The van der Waals surface area contributed by atoms with E-state index in [1.54, 1.807) is 0 Å². The van der Waals surface area contributed by atoms with Crippen LogP contribution in [0, 0.1) is 0 Å². The molecule has 0 aliphatic rings. The number of hydrogen-bond acceptors (Lipinski definition) is 1. The van der Waals surface area contributed by atoms with Crippen LogP contribution >= 0.6 is 15.9 Å². The maximum Gasteiger partial charge on any atom is 0.319 e. The molecule has 5 heteroatoms. The molecule has 0 radical (unpaired) electrons. The van der Waals surface area contributed by atoms with Gasteiger partial charge < -0.3 is 15.2 Å². The topological polar surface area (TPSA) is 46.1 Å². The Bertz CT molecular complexity index is 814. The molecule has 0 aliphatic carbocycles. The summed E-state index contributed by atoms with van der Waals surface area (Å²) in [5, 5.41) is 5.72. The van der Waals surface area contributed by atoms with Crippen LogP contribution in [0.3, 0.4) is 0 Å². The first kappa shape index (κ1) is 16.3. The highest BCUT2D eigenvalue weighted by Crippen LogP contribution is 2.15. The molecule has 0 aliphatic heterocycles. The zero-order chi connectivity index (χ0) is 16.8. The summed E-state index contributed by atoms with van der Waals surface area (Å²) in [6.07, 6.45) is 2.02. The molecule has 0 fully saturated rings. The van der Waals surface area contributed by atoms with Gasteiger partial charge in [-0.15, -0.1) is 0 Å². The van der Waals surface area contributed by atoms with E-state index >= 15 is 0 Å². The molecule has 122 valence electrons. The smallest absolute Gasteiger partial charge is 0.319 e. The van der Waals surface area contributed by atoms with Crippen molar-refractivity contribution in [2.75, 3.05) is 5.32 Å². The summed E-state index contributed by atoms with van der Waals surface area (Å²) >= 11 is 3.39. The van der Waals surface area contributed by atoms with Crippen LogP contribution in [0.25, 0.3) is 0 Å². The third kappa shape index (κ3) is 4.49. The van der Waals surface area contributed by atoms with Crippen LogP contribution in [0.1, 0.15) is 11.3 Å². The summed E-state index contributed by atoms with van der Waals surface area (Å²) in [5.41, 5.74) is 3.04. The van der Waals surface area contributed by atoms with E-state index in [1.807, 2.05) is 60.8 Å². The molecule has 0 unspecified atom stereocenters. The van der Waals surface area contributed by atoms with E-state index in [2.05, 4.69) is 43.3 Å². The zero-order valence-electron chi connectivity index (χ0n) is 13.1. The number of hydrogen-bond donors (Lipinski definition) is 2. The second kappa shape index (κ2) is 7.84. The molecule has 4 nitrogen and oxygen atoms in total. The second-order valence-corrected chi connectivity index (χ2v) is 6.35. The molecule has 0 bridgehead atoms. The van der Waals surface area contributed by atoms with Crippen molar-refractivity contribution in [3.05, 3.63) is 88.7 Å². The van der Waals surface area contributed by atoms with Gasteiger partial charge in [0.1, 0.15) is 0 Å². The molecular weight excluding hydrogens is 366 g/mol. The number of aromatic nitrogens is 1. The van der Waals surface area contributed by atoms with Gasteiger partial charge in [0.2, 0.25) is 0 Å². The maximum atomic E-state index is 12.0. The molecule has 1 heterocycles. The van der Waals surface area contributed by atoms with Crippen LogP contribution in [0.15, 0.2) is 77.4 Å². The van der Waals surface area contributed by atoms with E-state index in [-0.39, 0.29) is 6.03 Å². The number of anilines is 1. The normalized spacial score (nSPS) is 10.4. The molecule has 3 aromatic rings. The largest absolute Gasteiger partial charge is 0.345 e. The van der Waals surface area contributed by atoms with Crippen LogP contribution in [0.5, 0.6) is 0 Å². The highest BCUT2D eigenvalue weighted by molar-refractivity contribution is 9.10. The third-order valence-corrected chi connectivity index (χ3v) is 4.13. The first-order chi connectivity index (χ1) is 11.7. The van der Waals surface area contributed by atoms with Gasteiger partial charge in [-0.1, -0.05) is 52.3 Å². The highest BCUT2D eigenvalue weighted by atomic mass is 79.9. The Morgan fingerprint density at radius 1 is 1.00 bits per heavy atom. The Hall–Kier alpha value is -2.53. The van der Waals surface area contributed by atoms with Crippen molar-refractivity contribution in [1.29, 1.82) is 0 Å². The van der Waals surface area contributed by atoms with Gasteiger partial charge in [-0.05, 0) is 35.9 Å². The minimum Gasteiger partial charge on any atom is -0.345 e. The van der Waals surface area contributed by atoms with Crippen molar-refractivity contribution >= 4 is 27.6 Å². The van der Waals surface area contributed by atoms with Gasteiger partial charge in [0.15, 0.2) is 0 Å². The van der Waals surface area contributed by atoms with E-state index in [1.165, 1.54) is 5.56 Å². The first-order valence-corrected chi connectivity index (χ1v) is 8.48. The van der Waals surface area contributed by atoms with E-state index in [0.717, 1.165) is 22.4 Å². The quantitative estimate of drug-likeness (QED) is 0.663. The number of amides is 2. The van der Waals surface area contributed by atoms with Gasteiger partial charge in [0.25, 0.3) is 0 Å². The Labute approximate surface area is 149 Å². The standard InChI is InChI=1S/C19H18BrN3O/c20-16-8-4-9-17(12-16)22-19(24)21-13-18-10-5-11-23(18)14-15-6-2-1-3-7-15/h1-12H,13-14H2,(H2,21,22,24). The van der Waals surface area contributed by atoms with E-state index in [0.29, 0.717) is 6.54 Å². The lowest BCUT2D eigenvalue weighted by Gasteiger charge is -2.11. The monoisotopic (exact) mass is 383 g/mol. The Balaban J connectivity index is 1.57. The molecule has 2 aromatic carbocycles. The molecule has 0 saturated heterocycles. The summed E-state index contributed by atoms with van der Waals surface area (Å²) in [4.78, 5) is 12.0. The lowest BCUT2D eigenvalue weighted by Crippen LogP contribution is -2.29. The first-order valence-electron chi connectivity index (χ1n) is 7.69. The summed E-state index contributed by atoms with van der Waals surface area (Å²) in [6.45, 7) is 1.26. The Morgan fingerprint density at radius 3 is 2.62 bits per heavy atom. The average molecular weight is 384 g/mol. The van der Waals surface area contributed by atoms with E-state index < -0.39 is 0 Å². The van der Waals surface area contributed by atoms with Crippen LogP contribution in [-0.2, 0) is 13.1 Å². The fourth-order valence-corrected chi connectivity index (χ4v) is 2.86. The zero-order valence-corrected chi connectivity index (χ0v) is 14.7. The predicted octanol–water partition coefficient (Wildman–Crippen LogP) is 4.62. The highest BCUT2D eigenvalue weighted by Gasteiger charge is 2.05. The van der Waals surface area contributed by atoms with Crippen molar-refractivity contribution in [1.82, 2.24) is 9.88 Å². The van der Waals surface area contributed by atoms with Crippen molar-refractivity contribution < 1.29 is 4.79 Å². The number of nitrogens with one attached hydrogen (secondary N) is 2. The molecular formula is C19H18BrN3O. The van der Waals surface area contributed by atoms with Gasteiger partial charge >= 0.3 is 6.03 Å². The second-order valence-electron chi connectivity index (χ2n) is 5.43. The summed E-state index contributed by atoms with van der Waals surface area (Å²) in [5.74, 6) is 0. The van der Waals surface area contributed by atoms with Crippen molar-refractivity contribution in [2.45, 2.75) is 13.1 Å². The summed E-state index contributed by atoms with van der Waals surface area (Å²) in [6, 6.07) is 21.5. The number of halogens is 1. The number of benzene rings is 2. The van der Waals surface area contributed by atoms with Crippen molar-refractivity contribution in [3.8, 4) is 0 Å². The predicted molar refractivity (Wildman–Crippen MR) is 100.0 cm³/mol. The molecule has 0 spiro atoms. The van der Waals surface area contributed by atoms with Crippen LogP contribution < -0.4 is 10.6 Å². The number of carbonyl (C=O) groups excluding carboxylic acids is 1. The fraction of sp³-hybridized carbons (Fsp3) is 0.105. The minimum absolute atomic E-state index is 0.222. The molecule has 0 atom stereocenters. The van der Waals surface area contributed by atoms with Gasteiger partial charge in [-0.3, -0.25) is 0 Å². The Morgan fingerprint density at radius 2 is 1.83 bits per heavy atom. The van der Waals surface area contributed by atoms with E-state index in [9.17, 15) is 4.79 Å². The minimum atomic E-state index is -0.222. The van der Waals surface area contributed by atoms with Gasteiger partial charge in [-0.25, -0.2) is 4.79 Å². The molecule has 1 aromatic heterocycles. The lowest BCUT2D eigenvalue weighted by molar-refractivity contribution is 0.251.